The van der Waals surface area contributed by atoms with E-state index in [9.17, 15) is 9.90 Å². The molecular weight excluding hydrogens is 270 g/mol. The van der Waals surface area contributed by atoms with E-state index >= 15 is 0 Å². The first kappa shape index (κ1) is 16.5. The molecule has 2 rings (SSSR count). The van der Waals surface area contributed by atoms with Crippen LogP contribution in [0, 0.1) is 0 Å². The molecule has 0 aromatic heterocycles. The zero-order chi connectivity index (χ0) is 15.9. The summed E-state index contributed by atoms with van der Waals surface area (Å²) in [5.74, 6) is 0. The molecule has 0 aliphatic carbocycles. The number of nitrogens with zero attached hydrogens (tertiary/aromatic N) is 2. The Morgan fingerprint density at radius 3 is 2.48 bits per heavy atom. The number of β-amino-alcohol motifs (C(OH)–C–C–N with tert-alkyl or cyclic N) is 1. The van der Waals surface area contributed by atoms with Crippen molar-refractivity contribution in [3.8, 4) is 0 Å². The highest BCUT2D eigenvalue weighted by atomic mass is 16.6. The summed E-state index contributed by atoms with van der Waals surface area (Å²) < 4.78 is 5.32. The lowest BCUT2D eigenvalue weighted by Crippen LogP contribution is -2.80. The van der Waals surface area contributed by atoms with E-state index in [0.29, 0.717) is 6.54 Å². The van der Waals surface area contributed by atoms with Crippen molar-refractivity contribution < 1.29 is 14.6 Å². The van der Waals surface area contributed by atoms with Crippen LogP contribution in [0.25, 0.3) is 0 Å². The Labute approximate surface area is 127 Å². The first-order valence-electron chi connectivity index (χ1n) is 7.80. The van der Waals surface area contributed by atoms with Crippen LogP contribution in [-0.4, -0.2) is 70.5 Å². The van der Waals surface area contributed by atoms with Crippen molar-refractivity contribution in [3.05, 3.63) is 0 Å². The number of hydrogen-bond acceptors (Lipinski definition) is 5. The Bertz CT molecular complexity index is 401. The maximum Gasteiger partial charge on any atom is 0.410 e. The van der Waals surface area contributed by atoms with E-state index < -0.39 is 16.7 Å². The minimum atomic E-state index is -1.00. The molecule has 6 nitrogen and oxygen atoms in total. The molecule has 2 heterocycles. The Morgan fingerprint density at radius 1 is 1.33 bits per heavy atom. The molecule has 0 bridgehead atoms. The summed E-state index contributed by atoms with van der Waals surface area (Å²) in [5, 5.41) is 10.8. The third-order valence-corrected chi connectivity index (χ3v) is 4.53. The Kier molecular flexibility index (Phi) is 4.26. The molecule has 0 saturated carbocycles. The van der Waals surface area contributed by atoms with Gasteiger partial charge in [0.05, 0.1) is 18.6 Å². The summed E-state index contributed by atoms with van der Waals surface area (Å²) in [4.78, 5) is 15.8. The minimum Gasteiger partial charge on any atom is -0.444 e. The normalized spacial score (nSPS) is 29.9. The molecule has 2 aliphatic rings. The summed E-state index contributed by atoms with van der Waals surface area (Å²) in [6, 6.07) is 0. The summed E-state index contributed by atoms with van der Waals surface area (Å²) in [5.41, 5.74) is 4.32. The molecule has 122 valence electrons. The van der Waals surface area contributed by atoms with Crippen LogP contribution < -0.4 is 5.73 Å². The molecule has 21 heavy (non-hydrogen) atoms. The average Bonchev–Trinajstić information content (AvgIpc) is 2.32. The second-order valence-electron chi connectivity index (χ2n) is 7.50. The second-order valence-corrected chi connectivity index (χ2v) is 7.50. The molecule has 3 N–H and O–H groups in total. The van der Waals surface area contributed by atoms with E-state index in [2.05, 4.69) is 11.8 Å². The van der Waals surface area contributed by atoms with E-state index in [1.807, 2.05) is 20.8 Å². The van der Waals surface area contributed by atoms with Crippen LogP contribution in [0.2, 0.25) is 0 Å². The fraction of sp³-hybridized carbons (Fsp3) is 0.933. The number of amides is 1. The van der Waals surface area contributed by atoms with E-state index in [-0.39, 0.29) is 19.2 Å². The number of aliphatic hydroxyl groups is 1. The van der Waals surface area contributed by atoms with Crippen LogP contribution in [0.3, 0.4) is 0 Å². The number of likely N-dealkylation sites (tertiary alicyclic amines) is 2. The van der Waals surface area contributed by atoms with Crippen molar-refractivity contribution in [1.29, 1.82) is 0 Å². The van der Waals surface area contributed by atoms with E-state index in [0.717, 1.165) is 25.9 Å². The van der Waals surface area contributed by atoms with Gasteiger partial charge < -0.3 is 25.4 Å². The van der Waals surface area contributed by atoms with Crippen LogP contribution in [0.5, 0.6) is 0 Å². The van der Waals surface area contributed by atoms with Crippen molar-refractivity contribution in [2.45, 2.75) is 57.3 Å². The molecule has 1 unspecified atom stereocenters. The summed E-state index contributed by atoms with van der Waals surface area (Å²) in [6.45, 7) is 10.8. The molecular formula is C15H29N3O3. The largest absolute Gasteiger partial charge is 0.444 e. The van der Waals surface area contributed by atoms with Gasteiger partial charge in [0.25, 0.3) is 0 Å². The zero-order valence-corrected chi connectivity index (χ0v) is 13.7. The van der Waals surface area contributed by atoms with E-state index in [4.69, 9.17) is 10.5 Å². The van der Waals surface area contributed by atoms with Gasteiger partial charge in [0.15, 0.2) is 0 Å². The van der Waals surface area contributed by atoms with Crippen LogP contribution in [-0.2, 0) is 4.74 Å². The number of carbonyl (C=O) groups is 1. The van der Waals surface area contributed by atoms with Gasteiger partial charge in [-0.05, 0) is 46.7 Å². The van der Waals surface area contributed by atoms with Crippen molar-refractivity contribution in [1.82, 2.24) is 9.80 Å². The van der Waals surface area contributed by atoms with Crippen LogP contribution in [0.1, 0.15) is 40.5 Å². The molecule has 1 atom stereocenters. The molecule has 0 aromatic carbocycles. The standard InChI is InChI=1S/C15H29N3O3/c1-5-17-8-6-7-14(16,9-17)15(20)10-18(11-15)12(19)21-13(2,3)4/h20H,5-11,16H2,1-4H3. The predicted octanol–water partition coefficient (Wildman–Crippen LogP) is 0.781. The maximum atomic E-state index is 12.0. The molecule has 2 fully saturated rings. The minimum absolute atomic E-state index is 0.260. The van der Waals surface area contributed by atoms with Gasteiger partial charge in [-0.2, -0.15) is 0 Å². The number of nitrogens with two attached hydrogens (primary N) is 1. The molecule has 6 heteroatoms. The lowest BCUT2D eigenvalue weighted by atomic mass is 9.70. The number of carbonyl (C=O) groups excluding carboxylic acids is 1. The van der Waals surface area contributed by atoms with Gasteiger partial charge in [-0.3, -0.25) is 0 Å². The number of rotatable bonds is 2. The highest BCUT2D eigenvalue weighted by molar-refractivity contribution is 5.70. The molecule has 2 aliphatic heterocycles. The molecule has 1 amide bonds. The second kappa shape index (κ2) is 5.41. The lowest BCUT2D eigenvalue weighted by Gasteiger charge is -2.57. The van der Waals surface area contributed by atoms with Crippen molar-refractivity contribution in [2.75, 3.05) is 32.7 Å². The third kappa shape index (κ3) is 3.33. The molecule has 0 spiro atoms. The number of ether oxygens (including phenoxy) is 1. The van der Waals surface area contributed by atoms with Crippen LogP contribution in [0.15, 0.2) is 0 Å². The SMILES string of the molecule is CCN1CCCC(N)(C2(O)CN(C(=O)OC(C)(C)C)C2)C1. The Balaban J connectivity index is 1.95. The molecule has 0 aromatic rings. The fourth-order valence-electron chi connectivity index (χ4n) is 3.18. The zero-order valence-electron chi connectivity index (χ0n) is 13.7. The summed E-state index contributed by atoms with van der Waals surface area (Å²) in [6.07, 6.45) is 1.40. The number of hydrogen-bond donors (Lipinski definition) is 2. The highest BCUT2D eigenvalue weighted by Gasteiger charge is 2.58. The summed E-state index contributed by atoms with van der Waals surface area (Å²) in [7, 11) is 0. The maximum absolute atomic E-state index is 12.0. The Hall–Kier alpha value is -0.850. The van der Waals surface area contributed by atoms with Crippen molar-refractivity contribution in [2.24, 2.45) is 5.73 Å². The number of likely N-dealkylation sites (N-methyl/N-ethyl adjacent to an activating group) is 1. The quantitative estimate of drug-likeness (QED) is 0.788. The lowest BCUT2D eigenvalue weighted by molar-refractivity contribution is -0.154. The smallest absolute Gasteiger partial charge is 0.410 e. The van der Waals surface area contributed by atoms with Gasteiger partial charge in [0.2, 0.25) is 0 Å². The van der Waals surface area contributed by atoms with Gasteiger partial charge in [-0.15, -0.1) is 0 Å². The van der Waals surface area contributed by atoms with E-state index in [1.165, 1.54) is 4.90 Å². The first-order chi connectivity index (χ1) is 9.59. The van der Waals surface area contributed by atoms with Gasteiger partial charge in [-0.25, -0.2) is 4.79 Å². The average molecular weight is 299 g/mol. The monoisotopic (exact) mass is 299 g/mol. The van der Waals surface area contributed by atoms with Gasteiger partial charge in [0, 0.05) is 6.54 Å². The third-order valence-electron chi connectivity index (χ3n) is 4.53. The van der Waals surface area contributed by atoms with E-state index in [1.54, 1.807) is 0 Å². The first-order valence-corrected chi connectivity index (χ1v) is 7.80. The molecule has 0 radical (unpaired) electrons. The topological polar surface area (TPSA) is 79.0 Å². The van der Waals surface area contributed by atoms with Gasteiger partial charge in [0.1, 0.15) is 11.2 Å². The summed E-state index contributed by atoms with van der Waals surface area (Å²) >= 11 is 0. The van der Waals surface area contributed by atoms with Gasteiger partial charge >= 0.3 is 6.09 Å². The molecule has 2 saturated heterocycles. The Morgan fingerprint density at radius 2 is 1.95 bits per heavy atom. The predicted molar refractivity (Wildman–Crippen MR) is 81.0 cm³/mol. The van der Waals surface area contributed by atoms with Crippen molar-refractivity contribution in [3.63, 3.8) is 0 Å². The fourth-order valence-corrected chi connectivity index (χ4v) is 3.18. The highest BCUT2D eigenvalue weighted by Crippen LogP contribution is 2.37. The van der Waals surface area contributed by atoms with Crippen LogP contribution in [0.4, 0.5) is 4.79 Å². The van der Waals surface area contributed by atoms with Crippen molar-refractivity contribution >= 4 is 6.09 Å². The number of piperidine rings is 1. The van der Waals surface area contributed by atoms with Crippen LogP contribution >= 0.6 is 0 Å². The van der Waals surface area contributed by atoms with Gasteiger partial charge in [-0.1, -0.05) is 6.92 Å².